The molecule has 150 valence electrons. The van der Waals surface area contributed by atoms with Crippen molar-refractivity contribution >= 4 is 34.7 Å². The average Bonchev–Trinajstić information content (AvgIpc) is 2.68. The fraction of sp³-hybridized carbons (Fsp3) is 0.333. The molecule has 0 aromatic heterocycles. The molecule has 0 amide bonds. The summed E-state index contributed by atoms with van der Waals surface area (Å²) in [6, 6.07) is 11.7. The van der Waals surface area contributed by atoms with Crippen LogP contribution in [0.25, 0.3) is 0 Å². The fourth-order valence-electron chi connectivity index (χ4n) is 2.54. The van der Waals surface area contributed by atoms with Gasteiger partial charge < -0.3 is 20.3 Å². The molecule has 0 saturated carbocycles. The van der Waals surface area contributed by atoms with Gasteiger partial charge in [-0.3, -0.25) is 0 Å². The number of carbonyl (C=O) groups excluding carboxylic acids is 1. The molecule has 0 atom stereocenters. The highest BCUT2D eigenvalue weighted by Crippen LogP contribution is 2.15. The van der Waals surface area contributed by atoms with Crippen LogP contribution in [0.1, 0.15) is 29.8 Å². The van der Waals surface area contributed by atoms with E-state index in [-0.39, 0.29) is 11.8 Å². The predicted molar refractivity (Wildman–Crippen MR) is 115 cm³/mol. The first-order valence-electron chi connectivity index (χ1n) is 9.26. The topological polar surface area (TPSA) is 53.6 Å². The standard InChI is InChI=1S/C21H26FN3O2S/c1-4-25(5-2)12-13-27-20(26)16-7-10-17(11-8-16)23-21(28)24-18-9-6-15(3)19(22)14-18/h6-11,14H,4-5,12-13H2,1-3H3,(H2,23,24,28). The van der Waals surface area contributed by atoms with Gasteiger partial charge in [0.1, 0.15) is 12.4 Å². The number of anilines is 2. The largest absolute Gasteiger partial charge is 0.461 e. The third kappa shape index (κ3) is 6.58. The highest BCUT2D eigenvalue weighted by Gasteiger charge is 2.09. The number of carbonyl (C=O) groups is 1. The lowest BCUT2D eigenvalue weighted by atomic mass is 10.2. The zero-order valence-electron chi connectivity index (χ0n) is 16.4. The van der Waals surface area contributed by atoms with E-state index in [1.54, 1.807) is 43.3 Å². The van der Waals surface area contributed by atoms with Crippen molar-refractivity contribution in [3.05, 3.63) is 59.4 Å². The van der Waals surface area contributed by atoms with Crippen LogP contribution in [-0.4, -0.2) is 42.2 Å². The Hall–Kier alpha value is -2.51. The molecule has 0 bridgehead atoms. The maximum absolute atomic E-state index is 13.6. The van der Waals surface area contributed by atoms with Crippen molar-refractivity contribution in [1.82, 2.24) is 4.90 Å². The van der Waals surface area contributed by atoms with Gasteiger partial charge in [-0.2, -0.15) is 0 Å². The lowest BCUT2D eigenvalue weighted by Gasteiger charge is -2.17. The van der Waals surface area contributed by atoms with E-state index in [0.717, 1.165) is 19.6 Å². The second kappa shape index (κ2) is 10.7. The molecule has 0 radical (unpaired) electrons. The molecule has 2 rings (SSSR count). The number of aryl methyl sites for hydroxylation is 1. The van der Waals surface area contributed by atoms with Gasteiger partial charge in [0, 0.05) is 17.9 Å². The third-order valence-corrected chi connectivity index (χ3v) is 4.55. The number of halogens is 1. The Morgan fingerprint density at radius 2 is 1.68 bits per heavy atom. The van der Waals surface area contributed by atoms with Gasteiger partial charge in [0.25, 0.3) is 0 Å². The van der Waals surface area contributed by atoms with Crippen molar-refractivity contribution in [3.8, 4) is 0 Å². The van der Waals surface area contributed by atoms with Crippen molar-refractivity contribution in [2.24, 2.45) is 0 Å². The summed E-state index contributed by atoms with van der Waals surface area (Å²) >= 11 is 5.24. The van der Waals surface area contributed by atoms with Gasteiger partial charge in [-0.25, -0.2) is 9.18 Å². The fourth-order valence-corrected chi connectivity index (χ4v) is 2.78. The van der Waals surface area contributed by atoms with Crippen molar-refractivity contribution in [2.75, 3.05) is 36.9 Å². The zero-order valence-corrected chi connectivity index (χ0v) is 17.2. The normalized spacial score (nSPS) is 10.6. The molecule has 0 saturated heterocycles. The van der Waals surface area contributed by atoms with E-state index >= 15 is 0 Å². The molecule has 0 fully saturated rings. The van der Waals surface area contributed by atoms with Crippen LogP contribution in [-0.2, 0) is 4.74 Å². The molecule has 2 aromatic carbocycles. The van der Waals surface area contributed by atoms with Gasteiger partial charge >= 0.3 is 5.97 Å². The predicted octanol–water partition coefficient (Wildman–Crippen LogP) is 4.44. The van der Waals surface area contributed by atoms with Crippen LogP contribution in [0.5, 0.6) is 0 Å². The van der Waals surface area contributed by atoms with Crippen LogP contribution in [0.2, 0.25) is 0 Å². The van der Waals surface area contributed by atoms with Crippen LogP contribution in [0.3, 0.4) is 0 Å². The van der Waals surface area contributed by atoms with Crippen LogP contribution in [0.4, 0.5) is 15.8 Å². The number of hydrogen-bond donors (Lipinski definition) is 2. The summed E-state index contributed by atoms with van der Waals surface area (Å²) in [5.74, 6) is -0.647. The molecule has 0 aliphatic heterocycles. The molecule has 2 aromatic rings. The molecule has 0 heterocycles. The molecule has 0 aliphatic rings. The van der Waals surface area contributed by atoms with Crippen LogP contribution >= 0.6 is 12.2 Å². The maximum atomic E-state index is 13.6. The second-order valence-electron chi connectivity index (χ2n) is 6.28. The van der Waals surface area contributed by atoms with E-state index < -0.39 is 0 Å². The summed E-state index contributed by atoms with van der Waals surface area (Å²) in [5.41, 5.74) is 2.33. The van der Waals surface area contributed by atoms with Crippen molar-refractivity contribution in [2.45, 2.75) is 20.8 Å². The quantitative estimate of drug-likeness (QED) is 0.502. The van der Waals surface area contributed by atoms with Crippen molar-refractivity contribution in [1.29, 1.82) is 0 Å². The molecule has 0 unspecified atom stereocenters. The summed E-state index contributed by atoms with van der Waals surface area (Å²) in [4.78, 5) is 14.3. The number of thiocarbonyl (C=S) groups is 1. The molecule has 5 nitrogen and oxygen atoms in total. The number of ether oxygens (including phenoxy) is 1. The summed E-state index contributed by atoms with van der Waals surface area (Å²) in [7, 11) is 0. The molecule has 0 spiro atoms. The highest BCUT2D eigenvalue weighted by molar-refractivity contribution is 7.80. The minimum absolute atomic E-state index is 0.295. The third-order valence-electron chi connectivity index (χ3n) is 4.34. The van der Waals surface area contributed by atoms with E-state index in [1.807, 2.05) is 0 Å². The van der Waals surface area contributed by atoms with Crippen LogP contribution in [0, 0.1) is 12.7 Å². The molecular formula is C21H26FN3O2S. The Kier molecular flexibility index (Phi) is 8.35. The Morgan fingerprint density at radius 3 is 2.29 bits per heavy atom. The summed E-state index contributed by atoms with van der Waals surface area (Å²) in [6.45, 7) is 8.79. The first-order chi connectivity index (χ1) is 13.4. The number of nitrogens with zero attached hydrogens (tertiary/aromatic N) is 1. The van der Waals surface area contributed by atoms with Gasteiger partial charge in [-0.15, -0.1) is 0 Å². The zero-order chi connectivity index (χ0) is 20.5. The maximum Gasteiger partial charge on any atom is 0.338 e. The first-order valence-corrected chi connectivity index (χ1v) is 9.67. The van der Waals surface area contributed by atoms with Gasteiger partial charge in [0.15, 0.2) is 5.11 Å². The minimum Gasteiger partial charge on any atom is -0.461 e. The average molecular weight is 404 g/mol. The van der Waals surface area contributed by atoms with E-state index in [2.05, 4.69) is 29.4 Å². The van der Waals surface area contributed by atoms with Crippen molar-refractivity contribution < 1.29 is 13.9 Å². The van der Waals surface area contributed by atoms with Crippen LogP contribution < -0.4 is 10.6 Å². The number of esters is 1. The summed E-state index contributed by atoms with van der Waals surface area (Å²) < 4.78 is 18.9. The lowest BCUT2D eigenvalue weighted by Crippen LogP contribution is -2.27. The Labute approximate surface area is 170 Å². The summed E-state index contributed by atoms with van der Waals surface area (Å²) in [6.07, 6.45) is 0. The molecule has 2 N–H and O–H groups in total. The Balaban J connectivity index is 1.85. The number of hydrogen-bond acceptors (Lipinski definition) is 4. The first kappa shape index (κ1) is 21.8. The van der Waals surface area contributed by atoms with E-state index in [0.29, 0.717) is 34.2 Å². The number of nitrogens with one attached hydrogen (secondary N) is 2. The Bertz CT molecular complexity index is 808. The molecule has 28 heavy (non-hydrogen) atoms. The van der Waals surface area contributed by atoms with Gasteiger partial charge in [0.2, 0.25) is 0 Å². The van der Waals surface area contributed by atoms with Gasteiger partial charge in [-0.05, 0) is 74.2 Å². The monoisotopic (exact) mass is 403 g/mol. The summed E-state index contributed by atoms with van der Waals surface area (Å²) in [5, 5.41) is 6.26. The molecular weight excluding hydrogens is 377 g/mol. The highest BCUT2D eigenvalue weighted by atomic mass is 32.1. The number of likely N-dealkylation sites (N-methyl/N-ethyl adjacent to an activating group) is 1. The second-order valence-corrected chi connectivity index (χ2v) is 6.69. The molecule has 0 aliphatic carbocycles. The lowest BCUT2D eigenvalue weighted by molar-refractivity contribution is 0.0466. The van der Waals surface area contributed by atoms with Crippen LogP contribution in [0.15, 0.2) is 42.5 Å². The van der Waals surface area contributed by atoms with E-state index in [4.69, 9.17) is 17.0 Å². The van der Waals surface area contributed by atoms with Gasteiger partial charge in [0.05, 0.1) is 5.56 Å². The molecule has 7 heteroatoms. The number of benzene rings is 2. The van der Waals surface area contributed by atoms with E-state index in [1.165, 1.54) is 6.07 Å². The van der Waals surface area contributed by atoms with Crippen molar-refractivity contribution in [3.63, 3.8) is 0 Å². The van der Waals surface area contributed by atoms with Gasteiger partial charge in [-0.1, -0.05) is 19.9 Å². The smallest absolute Gasteiger partial charge is 0.338 e. The number of rotatable bonds is 8. The van der Waals surface area contributed by atoms with E-state index in [9.17, 15) is 9.18 Å². The minimum atomic E-state index is -0.352. The SMILES string of the molecule is CCN(CC)CCOC(=O)c1ccc(NC(=S)Nc2ccc(C)c(F)c2)cc1. The Morgan fingerprint density at radius 1 is 1.07 bits per heavy atom.